The highest BCUT2D eigenvalue weighted by molar-refractivity contribution is 8.89. The molecule has 0 aliphatic carbocycles. The van der Waals surface area contributed by atoms with Gasteiger partial charge in [-0.1, -0.05) is 36.6 Å². The molecule has 0 spiro atoms. The fourth-order valence-corrected chi connectivity index (χ4v) is 5.64. The Morgan fingerprint density at radius 3 is 1.55 bits per heavy atom. The quantitative estimate of drug-likeness (QED) is 0.259. The van der Waals surface area contributed by atoms with Crippen LogP contribution < -0.4 is 4.90 Å². The average molecular weight is 474 g/mol. The van der Waals surface area contributed by atoms with E-state index in [4.69, 9.17) is 24.4 Å². The second kappa shape index (κ2) is 16.9. The summed E-state index contributed by atoms with van der Waals surface area (Å²) in [5, 5.41) is 0. The van der Waals surface area contributed by atoms with Gasteiger partial charge in [0.25, 0.3) is 0 Å². The number of benzene rings is 1. The number of rotatable bonds is 8. The minimum Gasteiger partial charge on any atom is -0.372 e. The van der Waals surface area contributed by atoms with Crippen LogP contribution in [0.1, 0.15) is 51.9 Å². The molecule has 0 saturated carbocycles. The molecule has 0 N–H and O–H groups in total. The van der Waals surface area contributed by atoms with E-state index in [0.717, 1.165) is 65.4 Å². The summed E-state index contributed by atoms with van der Waals surface area (Å²) in [6, 6.07) is 7.68. The highest BCUT2D eigenvalue weighted by Crippen LogP contribution is 2.28. The number of thiocarbonyl (C=S) groups is 2. The van der Waals surface area contributed by atoms with Crippen molar-refractivity contribution in [2.75, 3.05) is 44.2 Å². The molecule has 1 aromatic rings. The van der Waals surface area contributed by atoms with Crippen LogP contribution in [0.4, 0.5) is 5.69 Å². The lowest BCUT2D eigenvalue weighted by atomic mass is 10.2. The van der Waals surface area contributed by atoms with Crippen molar-refractivity contribution in [3.8, 4) is 0 Å². The van der Waals surface area contributed by atoms with Crippen LogP contribution in [0.15, 0.2) is 24.3 Å². The number of nitrogens with zero attached hydrogens (tertiary/aromatic N) is 3. The second-order valence-electron chi connectivity index (χ2n) is 5.89. The molecule has 0 fully saturated rings. The number of carbonyl (C=O) groups is 1. The Balaban J connectivity index is 0.000000551. The average Bonchev–Trinajstić information content (AvgIpc) is 2.75. The summed E-state index contributed by atoms with van der Waals surface area (Å²) in [7, 11) is 3.18. The molecule has 0 amide bonds. The Morgan fingerprint density at radius 1 is 0.793 bits per heavy atom. The maximum atomic E-state index is 10.7. The van der Waals surface area contributed by atoms with E-state index in [9.17, 15) is 4.79 Å². The molecule has 0 unspecified atom stereocenters. The van der Waals surface area contributed by atoms with Gasteiger partial charge in [0.15, 0.2) is 6.29 Å². The predicted octanol–water partition coefficient (Wildman–Crippen LogP) is 5.97. The van der Waals surface area contributed by atoms with E-state index in [0.29, 0.717) is 0 Å². The van der Waals surface area contributed by atoms with E-state index >= 15 is 0 Å². The molecule has 0 aliphatic rings. The molecular formula is C21H35N3OS4. The molecule has 1 aromatic carbocycles. The van der Waals surface area contributed by atoms with Crippen LogP contribution >= 0.6 is 46.0 Å². The van der Waals surface area contributed by atoms with Crippen molar-refractivity contribution >= 4 is 66.6 Å². The van der Waals surface area contributed by atoms with Crippen molar-refractivity contribution in [2.24, 2.45) is 0 Å². The van der Waals surface area contributed by atoms with E-state index in [-0.39, 0.29) is 0 Å². The lowest BCUT2D eigenvalue weighted by molar-refractivity contribution is 0.112. The zero-order valence-corrected chi connectivity index (χ0v) is 21.8. The van der Waals surface area contributed by atoms with Crippen molar-refractivity contribution in [2.45, 2.75) is 41.5 Å². The van der Waals surface area contributed by atoms with Crippen LogP contribution in [-0.4, -0.2) is 64.0 Å². The zero-order chi connectivity index (χ0) is 22.2. The van der Waals surface area contributed by atoms with E-state index in [1.807, 2.05) is 24.3 Å². The molecule has 1 rings (SSSR count). The summed E-state index contributed by atoms with van der Waals surface area (Å²) >= 11 is 10.7. The van der Waals surface area contributed by atoms with Crippen molar-refractivity contribution < 1.29 is 4.79 Å². The van der Waals surface area contributed by atoms with Gasteiger partial charge in [-0.05, 0) is 75.3 Å². The van der Waals surface area contributed by atoms with Gasteiger partial charge in [-0.3, -0.25) is 4.79 Å². The molecule has 0 saturated heterocycles. The summed E-state index contributed by atoms with van der Waals surface area (Å²) in [6.45, 7) is 18.3. The van der Waals surface area contributed by atoms with Gasteiger partial charge in [-0.25, -0.2) is 0 Å². The SMILES string of the molecule is CCN(CC)C(=S)SSC(=S)N(CC)CC.CCN(CC)c1ccccc1C=O. The number of aldehydes is 1. The largest absolute Gasteiger partial charge is 0.372 e. The van der Waals surface area contributed by atoms with Crippen molar-refractivity contribution in [3.63, 3.8) is 0 Å². The third kappa shape index (κ3) is 10.2. The number of carbonyl (C=O) groups excluding carboxylic acids is 1. The molecule has 8 heteroatoms. The maximum Gasteiger partial charge on any atom is 0.152 e. The highest BCUT2D eigenvalue weighted by Gasteiger charge is 2.11. The van der Waals surface area contributed by atoms with Crippen LogP contribution in [0, 0.1) is 0 Å². The first-order valence-electron chi connectivity index (χ1n) is 10.1. The predicted molar refractivity (Wildman–Crippen MR) is 142 cm³/mol. The van der Waals surface area contributed by atoms with Gasteiger partial charge in [0.05, 0.1) is 0 Å². The van der Waals surface area contributed by atoms with Gasteiger partial charge in [-0.15, -0.1) is 0 Å². The summed E-state index contributed by atoms with van der Waals surface area (Å²) < 4.78 is 1.84. The van der Waals surface area contributed by atoms with Gasteiger partial charge in [0.2, 0.25) is 0 Å². The minimum absolute atomic E-state index is 0.770. The Bertz CT molecular complexity index is 592. The van der Waals surface area contributed by atoms with Crippen LogP contribution in [-0.2, 0) is 0 Å². The molecule has 164 valence electrons. The molecule has 0 heterocycles. The number of para-hydroxylation sites is 1. The van der Waals surface area contributed by atoms with Gasteiger partial charge < -0.3 is 14.7 Å². The van der Waals surface area contributed by atoms with Crippen LogP contribution in [0.2, 0.25) is 0 Å². The maximum absolute atomic E-state index is 10.7. The first-order valence-corrected chi connectivity index (χ1v) is 13.1. The Hall–Kier alpha value is -0.830. The monoisotopic (exact) mass is 473 g/mol. The minimum atomic E-state index is 0.770. The van der Waals surface area contributed by atoms with E-state index in [2.05, 4.69) is 56.2 Å². The Morgan fingerprint density at radius 2 is 1.21 bits per heavy atom. The van der Waals surface area contributed by atoms with Gasteiger partial charge in [-0.2, -0.15) is 0 Å². The number of anilines is 1. The summed E-state index contributed by atoms with van der Waals surface area (Å²) in [5.74, 6) is 0. The van der Waals surface area contributed by atoms with Crippen LogP contribution in [0.5, 0.6) is 0 Å². The zero-order valence-electron chi connectivity index (χ0n) is 18.5. The van der Waals surface area contributed by atoms with Crippen LogP contribution in [0.25, 0.3) is 0 Å². The molecule has 0 bridgehead atoms. The first kappa shape index (κ1) is 28.2. The van der Waals surface area contributed by atoms with E-state index in [1.54, 1.807) is 21.6 Å². The van der Waals surface area contributed by atoms with E-state index < -0.39 is 0 Å². The fourth-order valence-electron chi connectivity index (χ4n) is 2.58. The third-order valence-corrected chi connectivity index (χ3v) is 8.13. The van der Waals surface area contributed by atoms with Crippen LogP contribution in [0.3, 0.4) is 0 Å². The smallest absolute Gasteiger partial charge is 0.152 e. The first-order chi connectivity index (χ1) is 13.9. The topological polar surface area (TPSA) is 26.8 Å². The molecule has 0 radical (unpaired) electrons. The standard InChI is InChI=1S/C11H15NO.C10H20N2S4/c1-3-12(4-2)11-8-6-5-7-10(11)9-13;1-5-11(6-2)9(13)15-16-10(14)12(7-3)8-4/h5-9H,3-4H2,1-2H3;5-8H2,1-4H3. The number of hydrogen-bond donors (Lipinski definition) is 0. The molecule has 29 heavy (non-hydrogen) atoms. The molecular weight excluding hydrogens is 439 g/mol. The molecule has 0 aliphatic heterocycles. The Labute approximate surface area is 196 Å². The normalized spacial score (nSPS) is 9.86. The summed E-state index contributed by atoms with van der Waals surface area (Å²) in [4.78, 5) is 17.2. The summed E-state index contributed by atoms with van der Waals surface area (Å²) in [6.07, 6.45) is 0.910. The van der Waals surface area contributed by atoms with Crippen molar-refractivity contribution in [1.82, 2.24) is 9.80 Å². The van der Waals surface area contributed by atoms with Crippen molar-refractivity contribution in [1.29, 1.82) is 0 Å². The molecule has 0 aromatic heterocycles. The second-order valence-corrected chi connectivity index (χ2v) is 9.29. The molecule has 0 atom stereocenters. The third-order valence-electron chi connectivity index (χ3n) is 4.40. The van der Waals surface area contributed by atoms with Gasteiger partial charge in [0.1, 0.15) is 8.64 Å². The number of hydrogen-bond acceptors (Lipinski definition) is 6. The van der Waals surface area contributed by atoms with Crippen molar-refractivity contribution in [3.05, 3.63) is 29.8 Å². The molecule has 4 nitrogen and oxygen atoms in total. The Kier molecular flexibility index (Phi) is 16.4. The lowest BCUT2D eigenvalue weighted by Gasteiger charge is -2.23. The van der Waals surface area contributed by atoms with E-state index in [1.165, 1.54) is 0 Å². The fraction of sp³-hybridized carbons (Fsp3) is 0.571. The van der Waals surface area contributed by atoms with Gasteiger partial charge in [0, 0.05) is 50.5 Å². The lowest BCUT2D eigenvalue weighted by Crippen LogP contribution is -2.28. The highest BCUT2D eigenvalue weighted by atomic mass is 33.1. The summed E-state index contributed by atoms with van der Waals surface area (Å²) in [5.41, 5.74) is 1.80. The van der Waals surface area contributed by atoms with Gasteiger partial charge >= 0.3 is 0 Å².